The number of nitrogens with one attached hydrogen (secondary N) is 2. The number of rotatable bonds is 11. The Bertz CT molecular complexity index is 979. The van der Waals surface area contributed by atoms with Crippen LogP contribution in [0.2, 0.25) is 0 Å². The number of hydrogen-bond donors (Lipinski definition) is 3. The maximum atomic E-state index is 12.2. The normalized spacial score (nSPS) is 12.8. The fourth-order valence-corrected chi connectivity index (χ4v) is 3.44. The first-order chi connectivity index (χ1) is 15.0. The summed E-state index contributed by atoms with van der Waals surface area (Å²) in [6.45, 7) is 1.27. The molecule has 0 aliphatic heterocycles. The summed E-state index contributed by atoms with van der Waals surface area (Å²) in [5.41, 5.74) is 2.75. The number of hydrogen-bond acceptors (Lipinski definition) is 5. The van der Waals surface area contributed by atoms with Crippen molar-refractivity contribution in [1.82, 2.24) is 10.6 Å². The molecule has 0 radical (unpaired) electrons. The predicted molar refractivity (Wildman–Crippen MR) is 118 cm³/mol. The van der Waals surface area contributed by atoms with E-state index in [0.29, 0.717) is 18.7 Å². The molecule has 0 aliphatic carbocycles. The zero-order chi connectivity index (χ0) is 22.1. The number of non-ortho nitro benzene ring substituents is 1. The Hall–Kier alpha value is -3.55. The van der Waals surface area contributed by atoms with Crippen LogP contribution in [-0.4, -0.2) is 22.5 Å². The van der Waals surface area contributed by atoms with Crippen molar-refractivity contribution in [2.24, 2.45) is 5.92 Å². The highest BCUT2D eigenvalue weighted by Crippen LogP contribution is 2.25. The summed E-state index contributed by atoms with van der Waals surface area (Å²) in [7, 11) is 0. The lowest BCUT2D eigenvalue weighted by molar-refractivity contribution is -0.384. The molecule has 31 heavy (non-hydrogen) atoms. The van der Waals surface area contributed by atoms with Gasteiger partial charge in [-0.3, -0.25) is 14.9 Å². The quantitative estimate of drug-likeness (QED) is 0.321. The van der Waals surface area contributed by atoms with Gasteiger partial charge in [0, 0.05) is 37.8 Å². The van der Waals surface area contributed by atoms with Crippen LogP contribution in [0.15, 0.2) is 84.9 Å². The van der Waals surface area contributed by atoms with Crippen molar-refractivity contribution < 1.29 is 14.8 Å². The second-order valence-corrected chi connectivity index (χ2v) is 7.25. The van der Waals surface area contributed by atoms with Gasteiger partial charge in [-0.2, -0.15) is 0 Å². The van der Waals surface area contributed by atoms with Crippen LogP contribution in [0.4, 0.5) is 5.69 Å². The molecule has 160 valence electrons. The minimum absolute atomic E-state index is 0.0281. The highest BCUT2D eigenvalue weighted by Gasteiger charge is 2.29. The first-order valence-electron chi connectivity index (χ1n) is 10.0. The number of benzene rings is 3. The molecule has 0 fully saturated rings. The highest BCUT2D eigenvalue weighted by molar-refractivity contribution is 5.71. The molecule has 0 spiro atoms. The van der Waals surface area contributed by atoms with Crippen molar-refractivity contribution in [2.45, 2.75) is 19.1 Å². The van der Waals surface area contributed by atoms with Gasteiger partial charge in [0.15, 0.2) is 0 Å². The Kier molecular flexibility index (Phi) is 7.86. The highest BCUT2D eigenvalue weighted by atomic mass is 16.6. The molecular weight excluding hydrogens is 394 g/mol. The lowest BCUT2D eigenvalue weighted by atomic mass is 9.92. The average molecular weight is 419 g/mol. The van der Waals surface area contributed by atoms with E-state index in [0.717, 1.165) is 11.1 Å². The maximum absolute atomic E-state index is 12.2. The van der Waals surface area contributed by atoms with E-state index in [9.17, 15) is 20.0 Å². The summed E-state index contributed by atoms with van der Waals surface area (Å²) < 4.78 is 0. The van der Waals surface area contributed by atoms with Gasteiger partial charge in [-0.05, 0) is 16.7 Å². The second-order valence-electron chi connectivity index (χ2n) is 7.25. The van der Waals surface area contributed by atoms with Gasteiger partial charge < -0.3 is 15.7 Å². The standard InChI is InChI=1S/C24H25N3O4/c28-24(29)22(17-25-15-18-7-3-1-4-8-18)23(26-16-19-9-5-2-6-10-19)20-11-13-21(14-12-20)27(30)31/h1-14,22-23,25-26H,15-17H2,(H,28,29). The molecule has 2 unspecified atom stereocenters. The first-order valence-corrected chi connectivity index (χ1v) is 10.0. The third-order valence-corrected chi connectivity index (χ3v) is 5.09. The number of nitro benzene ring substituents is 1. The van der Waals surface area contributed by atoms with Crippen LogP contribution in [0.3, 0.4) is 0 Å². The molecule has 2 atom stereocenters. The Morgan fingerprint density at radius 3 is 1.94 bits per heavy atom. The van der Waals surface area contributed by atoms with Crippen LogP contribution in [0.5, 0.6) is 0 Å². The molecular formula is C24H25N3O4. The summed E-state index contributed by atoms with van der Waals surface area (Å²) >= 11 is 0. The molecule has 3 N–H and O–H groups in total. The molecule has 0 saturated heterocycles. The van der Waals surface area contributed by atoms with E-state index in [1.54, 1.807) is 12.1 Å². The Morgan fingerprint density at radius 2 is 1.42 bits per heavy atom. The van der Waals surface area contributed by atoms with Crippen molar-refractivity contribution in [1.29, 1.82) is 0 Å². The molecule has 0 aromatic heterocycles. The van der Waals surface area contributed by atoms with Gasteiger partial charge in [0.25, 0.3) is 5.69 Å². The summed E-state index contributed by atoms with van der Waals surface area (Å²) in [4.78, 5) is 22.7. The van der Waals surface area contributed by atoms with Crippen LogP contribution < -0.4 is 10.6 Å². The zero-order valence-corrected chi connectivity index (χ0v) is 17.0. The Labute approximate surface area is 180 Å². The van der Waals surface area contributed by atoms with E-state index < -0.39 is 22.9 Å². The minimum Gasteiger partial charge on any atom is -0.481 e. The molecule has 0 saturated carbocycles. The zero-order valence-electron chi connectivity index (χ0n) is 17.0. The van der Waals surface area contributed by atoms with Crippen molar-refractivity contribution in [3.8, 4) is 0 Å². The second kappa shape index (κ2) is 11.0. The summed E-state index contributed by atoms with van der Waals surface area (Å²) in [5, 5.41) is 27.5. The Morgan fingerprint density at radius 1 is 0.871 bits per heavy atom. The lowest BCUT2D eigenvalue weighted by Crippen LogP contribution is -2.39. The van der Waals surface area contributed by atoms with Gasteiger partial charge in [0.1, 0.15) is 0 Å². The van der Waals surface area contributed by atoms with Gasteiger partial charge in [-0.1, -0.05) is 72.8 Å². The number of carboxylic acids is 1. The van der Waals surface area contributed by atoms with E-state index in [4.69, 9.17) is 0 Å². The smallest absolute Gasteiger partial charge is 0.309 e. The van der Waals surface area contributed by atoms with E-state index in [1.807, 2.05) is 60.7 Å². The number of carboxylic acid groups (broad SMARTS) is 1. The molecule has 0 aliphatic rings. The molecule has 3 aromatic rings. The number of carbonyl (C=O) groups is 1. The molecule has 7 heteroatoms. The van der Waals surface area contributed by atoms with Crippen LogP contribution in [0.25, 0.3) is 0 Å². The first kappa shape index (κ1) is 22.1. The Balaban J connectivity index is 1.78. The molecule has 7 nitrogen and oxygen atoms in total. The minimum atomic E-state index is -0.940. The third-order valence-electron chi connectivity index (χ3n) is 5.09. The number of nitro groups is 1. The third kappa shape index (κ3) is 6.47. The van der Waals surface area contributed by atoms with E-state index in [1.165, 1.54) is 12.1 Å². The molecule has 3 rings (SSSR count). The summed E-state index contributed by atoms with van der Waals surface area (Å²) in [6, 6.07) is 25.0. The topological polar surface area (TPSA) is 104 Å². The lowest BCUT2D eigenvalue weighted by Gasteiger charge is -2.26. The summed E-state index contributed by atoms with van der Waals surface area (Å²) in [6.07, 6.45) is 0. The fraction of sp³-hybridized carbons (Fsp3) is 0.208. The fourth-order valence-electron chi connectivity index (χ4n) is 3.44. The van der Waals surface area contributed by atoms with Crippen LogP contribution >= 0.6 is 0 Å². The monoisotopic (exact) mass is 419 g/mol. The average Bonchev–Trinajstić information content (AvgIpc) is 2.79. The van der Waals surface area contributed by atoms with Crippen molar-refractivity contribution in [3.05, 3.63) is 112 Å². The van der Waals surface area contributed by atoms with Crippen molar-refractivity contribution >= 4 is 11.7 Å². The van der Waals surface area contributed by atoms with E-state index in [2.05, 4.69) is 10.6 Å². The van der Waals surface area contributed by atoms with Gasteiger partial charge in [-0.25, -0.2) is 0 Å². The van der Waals surface area contributed by atoms with E-state index in [-0.39, 0.29) is 12.2 Å². The molecule has 0 amide bonds. The van der Waals surface area contributed by atoms with Crippen LogP contribution in [0, 0.1) is 16.0 Å². The summed E-state index contributed by atoms with van der Waals surface area (Å²) in [5.74, 6) is -1.71. The van der Waals surface area contributed by atoms with Gasteiger partial charge >= 0.3 is 5.97 Å². The maximum Gasteiger partial charge on any atom is 0.309 e. The number of aliphatic carboxylic acids is 1. The molecule has 0 bridgehead atoms. The van der Waals surface area contributed by atoms with Crippen LogP contribution in [0.1, 0.15) is 22.7 Å². The van der Waals surface area contributed by atoms with Gasteiger partial charge in [0.05, 0.1) is 10.8 Å². The molecule has 0 heterocycles. The van der Waals surface area contributed by atoms with Crippen LogP contribution in [-0.2, 0) is 17.9 Å². The van der Waals surface area contributed by atoms with Gasteiger partial charge in [-0.15, -0.1) is 0 Å². The SMILES string of the molecule is O=C(O)C(CNCc1ccccc1)C(NCc1ccccc1)c1ccc([N+](=O)[O-])cc1. The largest absolute Gasteiger partial charge is 0.481 e. The van der Waals surface area contributed by atoms with E-state index >= 15 is 0 Å². The number of nitrogens with zero attached hydrogens (tertiary/aromatic N) is 1. The van der Waals surface area contributed by atoms with Crippen molar-refractivity contribution in [3.63, 3.8) is 0 Å². The van der Waals surface area contributed by atoms with Gasteiger partial charge in [0.2, 0.25) is 0 Å². The predicted octanol–water partition coefficient (Wildman–Crippen LogP) is 3.92. The van der Waals surface area contributed by atoms with Crippen molar-refractivity contribution in [2.75, 3.05) is 6.54 Å². The molecule has 3 aromatic carbocycles.